The number of esters is 1. The van der Waals surface area contributed by atoms with Crippen LogP contribution in [0.1, 0.15) is 52.9 Å². The third-order valence-electron chi connectivity index (χ3n) is 4.66. The largest absolute Gasteiger partial charge is 0.458 e. The molecule has 1 saturated heterocycles. The van der Waals surface area contributed by atoms with Crippen LogP contribution < -0.4 is 0 Å². The van der Waals surface area contributed by atoms with Crippen molar-refractivity contribution in [2.75, 3.05) is 13.2 Å². The minimum atomic E-state index is -1.36. The zero-order valence-electron chi connectivity index (χ0n) is 19.5. The second kappa shape index (κ2) is 10.8. The van der Waals surface area contributed by atoms with E-state index < -0.39 is 19.5 Å². The van der Waals surface area contributed by atoms with Gasteiger partial charge in [-0.1, -0.05) is 50.2 Å². The Balaban J connectivity index is 1.94. The molecular weight excluding hydrogens is 396 g/mol. The smallest absolute Gasteiger partial charge is 0.332 e. The quantitative estimate of drug-likeness (QED) is 0.261. The van der Waals surface area contributed by atoms with Crippen LogP contribution in [-0.2, 0) is 23.7 Å². The minimum absolute atomic E-state index is 0.0905. The molecule has 1 saturated carbocycles. The molecule has 0 unspecified atom stereocenters. The molecule has 1 aliphatic carbocycles. The summed E-state index contributed by atoms with van der Waals surface area (Å²) in [6.45, 7) is 12.4. The number of ether oxygens (including phenoxy) is 4. The van der Waals surface area contributed by atoms with Crippen LogP contribution >= 0.6 is 0 Å². The maximum Gasteiger partial charge on any atom is 0.332 e. The Bertz CT molecular complexity index is 681. The molecular formula is C24H38O5Si. The normalized spacial score (nSPS) is 24.3. The maximum absolute atomic E-state index is 11.9. The summed E-state index contributed by atoms with van der Waals surface area (Å²) in [5.74, 6) is 2.23. The summed E-state index contributed by atoms with van der Waals surface area (Å²) in [4.78, 5) is 11.9. The van der Waals surface area contributed by atoms with Crippen molar-refractivity contribution in [3.05, 3.63) is 24.3 Å². The van der Waals surface area contributed by atoms with Crippen LogP contribution in [0.3, 0.4) is 0 Å². The lowest BCUT2D eigenvalue weighted by Crippen LogP contribution is -2.34. The molecule has 0 bridgehead atoms. The van der Waals surface area contributed by atoms with Crippen LogP contribution in [0.15, 0.2) is 24.3 Å². The van der Waals surface area contributed by atoms with E-state index in [9.17, 15) is 4.79 Å². The SMILES string of the molecule is CC(C)(C)OC(=O)COC[C@@H]1OC2(CCCCC2)O[C@@H]1C=CC=CC#C[Si](C)(C)C. The van der Waals surface area contributed by atoms with Gasteiger partial charge in [0.15, 0.2) is 5.79 Å². The summed E-state index contributed by atoms with van der Waals surface area (Å²) in [7, 11) is -1.36. The molecule has 1 heterocycles. The fourth-order valence-electron chi connectivity index (χ4n) is 3.48. The lowest BCUT2D eigenvalue weighted by molar-refractivity contribution is -0.195. The molecule has 5 nitrogen and oxygen atoms in total. The second-order valence-electron chi connectivity index (χ2n) is 10.1. The number of hydrogen-bond acceptors (Lipinski definition) is 5. The highest BCUT2D eigenvalue weighted by molar-refractivity contribution is 6.83. The monoisotopic (exact) mass is 434 g/mol. The van der Waals surface area contributed by atoms with E-state index in [0.717, 1.165) is 25.7 Å². The van der Waals surface area contributed by atoms with E-state index >= 15 is 0 Å². The van der Waals surface area contributed by atoms with Crippen molar-refractivity contribution in [2.24, 2.45) is 0 Å². The summed E-state index contributed by atoms with van der Waals surface area (Å²) >= 11 is 0. The molecule has 0 N–H and O–H groups in total. The summed E-state index contributed by atoms with van der Waals surface area (Å²) in [5.41, 5.74) is 2.79. The van der Waals surface area contributed by atoms with Crippen molar-refractivity contribution >= 4 is 14.0 Å². The summed E-state index contributed by atoms with van der Waals surface area (Å²) in [6.07, 6.45) is 12.5. The van der Waals surface area contributed by atoms with Gasteiger partial charge in [0.2, 0.25) is 0 Å². The van der Waals surface area contributed by atoms with E-state index in [0.29, 0.717) is 0 Å². The van der Waals surface area contributed by atoms with E-state index in [4.69, 9.17) is 18.9 Å². The van der Waals surface area contributed by atoms with Crippen LogP contribution in [0.4, 0.5) is 0 Å². The molecule has 2 atom stereocenters. The fourth-order valence-corrected chi connectivity index (χ4v) is 3.99. The van der Waals surface area contributed by atoms with Crippen LogP contribution in [0.2, 0.25) is 19.6 Å². The molecule has 0 amide bonds. The number of allylic oxidation sites excluding steroid dienone is 3. The van der Waals surface area contributed by atoms with Gasteiger partial charge in [0.25, 0.3) is 0 Å². The third-order valence-corrected chi connectivity index (χ3v) is 5.55. The summed E-state index contributed by atoms with van der Waals surface area (Å²) in [5, 5.41) is 0. The average Bonchev–Trinajstić information content (AvgIpc) is 2.93. The van der Waals surface area contributed by atoms with Gasteiger partial charge in [0.1, 0.15) is 32.5 Å². The number of hydrogen-bond donors (Lipinski definition) is 0. The lowest BCUT2D eigenvalue weighted by atomic mass is 9.94. The first-order chi connectivity index (χ1) is 14.0. The second-order valence-corrected chi connectivity index (χ2v) is 14.8. The predicted octanol–water partition coefficient (Wildman–Crippen LogP) is 4.78. The molecule has 168 valence electrons. The Morgan fingerprint density at radius 3 is 2.47 bits per heavy atom. The predicted molar refractivity (Wildman–Crippen MR) is 122 cm³/mol. The first-order valence-electron chi connectivity index (χ1n) is 11.0. The topological polar surface area (TPSA) is 54.0 Å². The minimum Gasteiger partial charge on any atom is -0.458 e. The van der Waals surface area contributed by atoms with Crippen molar-refractivity contribution in [1.29, 1.82) is 0 Å². The first-order valence-corrected chi connectivity index (χ1v) is 14.5. The molecule has 0 aromatic carbocycles. The molecule has 2 fully saturated rings. The zero-order valence-corrected chi connectivity index (χ0v) is 20.5. The Morgan fingerprint density at radius 1 is 1.13 bits per heavy atom. The van der Waals surface area contributed by atoms with Crippen molar-refractivity contribution in [3.63, 3.8) is 0 Å². The van der Waals surface area contributed by atoms with E-state index in [2.05, 4.69) is 31.1 Å². The number of rotatable bonds is 6. The molecule has 6 heteroatoms. The van der Waals surface area contributed by atoms with E-state index in [1.165, 1.54) is 6.42 Å². The van der Waals surface area contributed by atoms with Crippen LogP contribution in [-0.4, -0.2) is 50.9 Å². The molecule has 0 radical (unpaired) electrons. The van der Waals surface area contributed by atoms with Gasteiger partial charge >= 0.3 is 5.97 Å². The Morgan fingerprint density at radius 2 is 1.83 bits per heavy atom. The average molecular weight is 435 g/mol. The van der Waals surface area contributed by atoms with Gasteiger partial charge in [-0.25, -0.2) is 4.79 Å². The highest BCUT2D eigenvalue weighted by Gasteiger charge is 2.47. The van der Waals surface area contributed by atoms with Crippen molar-refractivity contribution in [2.45, 2.75) is 96.1 Å². The molecule has 0 aromatic rings. The molecule has 2 aliphatic rings. The van der Waals surface area contributed by atoms with Gasteiger partial charge in [-0.3, -0.25) is 0 Å². The molecule has 1 aliphatic heterocycles. The fraction of sp³-hybridized carbons (Fsp3) is 0.708. The van der Waals surface area contributed by atoms with Gasteiger partial charge in [0, 0.05) is 12.8 Å². The summed E-state index contributed by atoms with van der Waals surface area (Å²) < 4.78 is 23.6. The Kier molecular flexibility index (Phi) is 8.93. The Labute approximate surface area is 183 Å². The van der Waals surface area contributed by atoms with Gasteiger partial charge < -0.3 is 18.9 Å². The Hall–Kier alpha value is -1.39. The van der Waals surface area contributed by atoms with Crippen LogP contribution in [0, 0.1) is 11.5 Å². The van der Waals surface area contributed by atoms with Crippen molar-refractivity contribution in [1.82, 2.24) is 0 Å². The molecule has 1 spiro atoms. The molecule has 2 rings (SSSR count). The number of carbonyl (C=O) groups excluding carboxylic acids is 1. The van der Waals surface area contributed by atoms with Gasteiger partial charge in [-0.15, -0.1) is 5.54 Å². The lowest BCUT2D eigenvalue weighted by Gasteiger charge is -2.31. The van der Waals surface area contributed by atoms with Gasteiger partial charge in [-0.05, 0) is 39.7 Å². The van der Waals surface area contributed by atoms with Crippen molar-refractivity contribution < 1.29 is 23.7 Å². The highest BCUT2D eigenvalue weighted by Crippen LogP contribution is 2.41. The number of carbonyl (C=O) groups is 1. The van der Waals surface area contributed by atoms with Gasteiger partial charge in [0.05, 0.1) is 6.61 Å². The maximum atomic E-state index is 11.9. The van der Waals surface area contributed by atoms with Crippen molar-refractivity contribution in [3.8, 4) is 11.5 Å². The van der Waals surface area contributed by atoms with Crippen LogP contribution in [0.5, 0.6) is 0 Å². The van der Waals surface area contributed by atoms with E-state index in [1.54, 1.807) is 0 Å². The molecule has 30 heavy (non-hydrogen) atoms. The van der Waals surface area contributed by atoms with Crippen LogP contribution in [0.25, 0.3) is 0 Å². The molecule has 0 aromatic heterocycles. The third kappa shape index (κ3) is 9.17. The standard InChI is InChI=1S/C24H38O5Si/c1-23(2,3)29-22(25)19-26-18-21-20(14-10-7-8-13-17-30(4,5)6)27-24(28-21)15-11-9-12-16-24/h7-8,10,14,20-21H,9,11-12,15-16,18-19H2,1-6H3/t20-,21+/m1/s1. The summed E-state index contributed by atoms with van der Waals surface area (Å²) in [6, 6.07) is 0. The van der Waals surface area contributed by atoms with Gasteiger partial charge in [-0.2, -0.15) is 0 Å². The highest BCUT2D eigenvalue weighted by atomic mass is 28.3. The first kappa shape index (κ1) is 24.9. The zero-order chi connectivity index (χ0) is 22.3. The van der Waals surface area contributed by atoms with E-state index in [-0.39, 0.29) is 31.4 Å². The van der Waals surface area contributed by atoms with E-state index in [1.807, 2.05) is 45.1 Å².